The first-order valence-electron chi connectivity index (χ1n) is 8.54. The summed E-state index contributed by atoms with van der Waals surface area (Å²) in [6.45, 7) is 0.851. The summed E-state index contributed by atoms with van der Waals surface area (Å²) in [4.78, 5) is 5.56. The Morgan fingerprint density at radius 1 is 1.07 bits per heavy atom. The predicted octanol–water partition coefficient (Wildman–Crippen LogP) is 3.63. The van der Waals surface area contributed by atoms with E-state index in [4.69, 9.17) is 9.47 Å². The van der Waals surface area contributed by atoms with Gasteiger partial charge >= 0.3 is 0 Å². The molecule has 0 saturated carbocycles. The summed E-state index contributed by atoms with van der Waals surface area (Å²) in [6, 6.07) is 11.8. The normalized spacial score (nSPS) is 13.6. The smallest absolute Gasteiger partial charge is 0.262 e. The maximum Gasteiger partial charge on any atom is 0.262 e. The number of aromatic nitrogens is 2. The highest BCUT2D eigenvalue weighted by Crippen LogP contribution is 2.33. The van der Waals surface area contributed by atoms with E-state index >= 15 is 0 Å². The van der Waals surface area contributed by atoms with Crippen molar-refractivity contribution in [2.24, 2.45) is 0 Å². The van der Waals surface area contributed by atoms with Gasteiger partial charge in [-0.2, -0.15) is 0 Å². The number of anilines is 1. The molecule has 0 bridgehead atoms. The molecule has 7 nitrogen and oxygen atoms in total. The number of sulfonamides is 1. The third-order valence-corrected chi connectivity index (χ3v) is 6.48. The molecule has 0 radical (unpaired) electrons. The molecule has 1 aliphatic rings. The van der Waals surface area contributed by atoms with Crippen LogP contribution in [0.15, 0.2) is 65.1 Å². The molecule has 1 N–H and O–H groups in total. The maximum atomic E-state index is 12.8. The number of imidazole rings is 1. The van der Waals surface area contributed by atoms with Crippen LogP contribution in [0.3, 0.4) is 0 Å². The van der Waals surface area contributed by atoms with E-state index in [-0.39, 0.29) is 4.90 Å². The number of ether oxygens (including phenoxy) is 2. The van der Waals surface area contributed by atoms with E-state index in [9.17, 15) is 8.42 Å². The Morgan fingerprint density at radius 2 is 1.93 bits per heavy atom. The third-order valence-electron chi connectivity index (χ3n) is 4.33. The van der Waals surface area contributed by atoms with Crippen LogP contribution in [0.2, 0.25) is 0 Å². The Kier molecular flexibility index (Phi) is 3.99. The maximum absolute atomic E-state index is 12.8. The lowest BCUT2D eigenvalue weighted by atomic mass is 10.1. The average molecular weight is 413 g/mol. The lowest BCUT2D eigenvalue weighted by Crippen LogP contribution is -2.17. The molecule has 0 atom stereocenters. The number of benzene rings is 2. The van der Waals surface area contributed by atoms with Gasteiger partial charge in [0.1, 0.15) is 13.2 Å². The topological polar surface area (TPSA) is 81.9 Å². The summed E-state index contributed by atoms with van der Waals surface area (Å²) < 4.78 is 41.1. The molecule has 2 aromatic heterocycles. The monoisotopic (exact) mass is 413 g/mol. The fraction of sp³-hybridized carbons (Fsp3) is 0.105. The molecule has 5 rings (SSSR count). The van der Waals surface area contributed by atoms with Gasteiger partial charge in [0.15, 0.2) is 16.5 Å². The van der Waals surface area contributed by atoms with Crippen molar-refractivity contribution in [1.29, 1.82) is 0 Å². The molecule has 0 unspecified atom stereocenters. The van der Waals surface area contributed by atoms with E-state index in [0.29, 0.717) is 30.4 Å². The first-order valence-corrected chi connectivity index (χ1v) is 10.9. The van der Waals surface area contributed by atoms with Crippen LogP contribution in [0.1, 0.15) is 0 Å². The van der Waals surface area contributed by atoms with E-state index in [1.54, 1.807) is 35.6 Å². The van der Waals surface area contributed by atoms with Crippen LogP contribution < -0.4 is 14.2 Å². The van der Waals surface area contributed by atoms with Crippen LogP contribution in [-0.2, 0) is 10.0 Å². The molecule has 9 heteroatoms. The Bertz CT molecular complexity index is 1250. The van der Waals surface area contributed by atoms with Crippen molar-refractivity contribution in [3.8, 4) is 22.8 Å². The van der Waals surface area contributed by atoms with E-state index in [2.05, 4.69) is 9.71 Å². The summed E-state index contributed by atoms with van der Waals surface area (Å²) in [5, 5.41) is 1.96. The van der Waals surface area contributed by atoms with E-state index in [1.807, 2.05) is 28.2 Å². The second kappa shape index (κ2) is 6.54. The van der Waals surface area contributed by atoms with Crippen molar-refractivity contribution in [3.05, 3.63) is 60.2 Å². The summed E-state index contributed by atoms with van der Waals surface area (Å²) in [6.07, 6.45) is 3.85. The number of hydrogen-bond acceptors (Lipinski definition) is 6. The van der Waals surface area contributed by atoms with Crippen molar-refractivity contribution < 1.29 is 17.9 Å². The fourth-order valence-corrected chi connectivity index (χ4v) is 4.78. The quantitative estimate of drug-likeness (QED) is 0.552. The molecule has 0 fully saturated rings. The summed E-state index contributed by atoms with van der Waals surface area (Å²) in [5.74, 6) is 0.980. The van der Waals surface area contributed by atoms with Crippen molar-refractivity contribution >= 4 is 32.0 Å². The molecule has 3 heterocycles. The molecule has 28 heavy (non-hydrogen) atoms. The minimum atomic E-state index is -3.77. The van der Waals surface area contributed by atoms with Gasteiger partial charge in [-0.05, 0) is 24.3 Å². The van der Waals surface area contributed by atoms with Crippen LogP contribution >= 0.6 is 11.3 Å². The van der Waals surface area contributed by atoms with Gasteiger partial charge in [-0.25, -0.2) is 13.4 Å². The molecule has 0 saturated heterocycles. The fourth-order valence-electron chi connectivity index (χ4n) is 3.01. The zero-order valence-corrected chi connectivity index (χ0v) is 16.2. The number of nitrogens with zero attached hydrogens (tertiary/aromatic N) is 2. The number of thiazole rings is 1. The van der Waals surface area contributed by atoms with E-state index < -0.39 is 10.0 Å². The second-order valence-electron chi connectivity index (χ2n) is 6.21. The van der Waals surface area contributed by atoms with Gasteiger partial charge in [-0.15, -0.1) is 11.3 Å². The van der Waals surface area contributed by atoms with Gasteiger partial charge in [0.2, 0.25) is 0 Å². The van der Waals surface area contributed by atoms with Crippen LogP contribution in [-0.4, -0.2) is 31.0 Å². The van der Waals surface area contributed by atoms with Gasteiger partial charge in [-0.1, -0.05) is 12.1 Å². The molecule has 4 aromatic rings. The lowest BCUT2D eigenvalue weighted by Gasteiger charge is -2.19. The SMILES string of the molecule is O=S(=O)(Nc1cccc(-c2cn3ccsc3n2)c1)c1ccc2c(c1)OCCO2. The van der Waals surface area contributed by atoms with Gasteiger partial charge < -0.3 is 9.47 Å². The second-order valence-corrected chi connectivity index (χ2v) is 8.77. The van der Waals surface area contributed by atoms with Crippen LogP contribution in [0.25, 0.3) is 16.2 Å². The van der Waals surface area contributed by atoms with Crippen LogP contribution in [0, 0.1) is 0 Å². The number of nitrogens with one attached hydrogen (secondary N) is 1. The van der Waals surface area contributed by atoms with Crippen molar-refractivity contribution in [2.75, 3.05) is 17.9 Å². The number of hydrogen-bond donors (Lipinski definition) is 1. The summed E-state index contributed by atoms with van der Waals surface area (Å²) >= 11 is 1.54. The third kappa shape index (κ3) is 3.08. The van der Waals surface area contributed by atoms with Gasteiger partial charge in [0, 0.05) is 35.1 Å². The van der Waals surface area contributed by atoms with Crippen molar-refractivity contribution in [3.63, 3.8) is 0 Å². The molecule has 2 aromatic carbocycles. The zero-order valence-electron chi connectivity index (χ0n) is 14.5. The molecular weight excluding hydrogens is 398 g/mol. The standard InChI is InChI=1S/C19H15N3O4S2/c23-28(24,15-4-5-17-18(11-15)26-8-7-25-17)21-14-3-1-2-13(10-14)16-12-22-6-9-27-19(22)20-16/h1-6,9-12,21H,7-8H2. The summed E-state index contributed by atoms with van der Waals surface area (Å²) in [5.41, 5.74) is 2.08. The molecule has 142 valence electrons. The van der Waals surface area contributed by atoms with Gasteiger partial charge in [0.25, 0.3) is 10.0 Å². The lowest BCUT2D eigenvalue weighted by molar-refractivity contribution is 0.171. The highest BCUT2D eigenvalue weighted by atomic mass is 32.2. The predicted molar refractivity (Wildman–Crippen MR) is 107 cm³/mol. The van der Waals surface area contributed by atoms with Crippen molar-refractivity contribution in [1.82, 2.24) is 9.38 Å². The molecular formula is C19H15N3O4S2. The van der Waals surface area contributed by atoms with E-state index in [1.165, 1.54) is 12.1 Å². The molecule has 0 aliphatic carbocycles. The Hall–Kier alpha value is -3.04. The number of fused-ring (bicyclic) bond motifs is 2. The average Bonchev–Trinajstić information content (AvgIpc) is 3.30. The Balaban J connectivity index is 1.44. The van der Waals surface area contributed by atoms with Crippen LogP contribution in [0.4, 0.5) is 5.69 Å². The molecule has 1 aliphatic heterocycles. The molecule has 0 spiro atoms. The minimum Gasteiger partial charge on any atom is -0.486 e. The number of rotatable bonds is 4. The largest absolute Gasteiger partial charge is 0.486 e. The minimum absolute atomic E-state index is 0.115. The van der Waals surface area contributed by atoms with E-state index in [0.717, 1.165) is 16.2 Å². The highest BCUT2D eigenvalue weighted by molar-refractivity contribution is 7.92. The first kappa shape index (κ1) is 17.1. The Labute approximate surface area is 165 Å². The zero-order chi connectivity index (χ0) is 19.1. The Morgan fingerprint density at radius 3 is 2.79 bits per heavy atom. The first-order chi connectivity index (χ1) is 13.6. The highest BCUT2D eigenvalue weighted by Gasteiger charge is 2.20. The van der Waals surface area contributed by atoms with Crippen molar-refractivity contribution in [2.45, 2.75) is 4.90 Å². The van der Waals surface area contributed by atoms with Crippen LogP contribution in [0.5, 0.6) is 11.5 Å². The van der Waals surface area contributed by atoms with Gasteiger partial charge in [-0.3, -0.25) is 9.12 Å². The summed E-state index contributed by atoms with van der Waals surface area (Å²) in [7, 11) is -3.77. The van der Waals surface area contributed by atoms with Gasteiger partial charge in [0.05, 0.1) is 10.6 Å². The molecule has 0 amide bonds.